The van der Waals surface area contributed by atoms with Crippen LogP contribution in [-0.2, 0) is 5.75 Å². The Hall–Kier alpha value is -2.50. The molecule has 0 saturated heterocycles. The van der Waals surface area contributed by atoms with Crippen LogP contribution in [-0.4, -0.2) is 17.1 Å². The molecule has 0 spiro atoms. The van der Waals surface area contributed by atoms with Crippen LogP contribution < -0.4 is 5.32 Å². The fourth-order valence-corrected chi connectivity index (χ4v) is 4.08. The Balaban J connectivity index is 1.59. The molecule has 3 aromatic rings. The highest BCUT2D eigenvalue weighted by molar-refractivity contribution is 7.98. The van der Waals surface area contributed by atoms with Gasteiger partial charge in [-0.25, -0.2) is 0 Å². The number of aliphatic hydroxyl groups excluding tert-OH is 1. The number of carbonyl (C=O) groups is 1. The van der Waals surface area contributed by atoms with Crippen LogP contribution in [0.5, 0.6) is 0 Å². The van der Waals surface area contributed by atoms with Crippen molar-refractivity contribution in [1.82, 2.24) is 5.32 Å². The molecule has 2 atom stereocenters. The molecule has 3 rings (SSSR count). The van der Waals surface area contributed by atoms with Gasteiger partial charge < -0.3 is 14.8 Å². The summed E-state index contributed by atoms with van der Waals surface area (Å²) in [5.74, 6) is 1.32. The van der Waals surface area contributed by atoms with Gasteiger partial charge in [-0.15, -0.1) is 11.8 Å². The van der Waals surface area contributed by atoms with E-state index in [-0.39, 0.29) is 11.7 Å². The maximum atomic E-state index is 12.5. The third-order valence-corrected chi connectivity index (χ3v) is 5.99. The van der Waals surface area contributed by atoms with Crippen molar-refractivity contribution in [3.05, 3.63) is 88.9 Å². The molecule has 0 bridgehead atoms. The van der Waals surface area contributed by atoms with Crippen molar-refractivity contribution in [3.63, 3.8) is 0 Å². The van der Waals surface area contributed by atoms with Crippen molar-refractivity contribution < 1.29 is 14.3 Å². The molecule has 5 heteroatoms. The lowest BCUT2D eigenvalue weighted by atomic mass is 10.0. The standard InChI is InChI=1S/C23H25NO3S/c1-15-8-7-9-16(2)22(15)28-14-19-12-13-20(27-19)23(26)24-17(3)21(25)18-10-5-4-6-11-18/h4-13,17,21,25H,14H2,1-3H3,(H,24,26). The van der Waals surface area contributed by atoms with Crippen molar-refractivity contribution >= 4 is 17.7 Å². The molecule has 0 aliphatic rings. The summed E-state index contributed by atoms with van der Waals surface area (Å²) in [7, 11) is 0. The normalized spacial score (nSPS) is 13.1. The third kappa shape index (κ3) is 4.86. The van der Waals surface area contributed by atoms with Crippen LogP contribution >= 0.6 is 11.8 Å². The first kappa shape index (κ1) is 20.2. The van der Waals surface area contributed by atoms with Crippen molar-refractivity contribution in [2.45, 2.75) is 43.6 Å². The summed E-state index contributed by atoms with van der Waals surface area (Å²) in [5.41, 5.74) is 3.23. The molecule has 2 N–H and O–H groups in total. The molecular formula is C23H25NO3S. The minimum Gasteiger partial charge on any atom is -0.455 e. The van der Waals surface area contributed by atoms with E-state index >= 15 is 0 Å². The number of carbonyl (C=O) groups excluding carboxylic acids is 1. The van der Waals surface area contributed by atoms with Gasteiger partial charge in [0.25, 0.3) is 5.91 Å². The molecule has 1 aromatic heterocycles. The first-order chi connectivity index (χ1) is 13.5. The summed E-state index contributed by atoms with van der Waals surface area (Å²) < 4.78 is 5.72. The summed E-state index contributed by atoms with van der Waals surface area (Å²) in [4.78, 5) is 13.7. The maximum Gasteiger partial charge on any atom is 0.287 e. The Kier molecular flexibility index (Phi) is 6.60. The first-order valence-corrected chi connectivity index (χ1v) is 10.3. The quantitative estimate of drug-likeness (QED) is 0.550. The molecule has 146 valence electrons. The average molecular weight is 396 g/mol. The van der Waals surface area contributed by atoms with Gasteiger partial charge in [-0.05, 0) is 49.6 Å². The van der Waals surface area contributed by atoms with Crippen molar-refractivity contribution in [1.29, 1.82) is 0 Å². The Morgan fingerprint density at radius 2 is 1.71 bits per heavy atom. The zero-order valence-electron chi connectivity index (χ0n) is 16.3. The number of nitrogens with one attached hydrogen (secondary N) is 1. The molecule has 0 aliphatic heterocycles. The van der Waals surface area contributed by atoms with E-state index in [0.29, 0.717) is 5.75 Å². The lowest BCUT2D eigenvalue weighted by molar-refractivity contribution is 0.0825. The summed E-state index contributed by atoms with van der Waals surface area (Å²) in [6, 6.07) is 18.6. The minimum atomic E-state index is -0.779. The van der Waals surface area contributed by atoms with E-state index in [0.717, 1.165) is 11.3 Å². The number of benzene rings is 2. The highest BCUT2D eigenvalue weighted by Crippen LogP contribution is 2.29. The van der Waals surface area contributed by atoms with E-state index < -0.39 is 12.1 Å². The van der Waals surface area contributed by atoms with Crippen molar-refractivity contribution in [2.75, 3.05) is 0 Å². The van der Waals surface area contributed by atoms with Crippen LogP contribution in [0.15, 0.2) is 70.0 Å². The topological polar surface area (TPSA) is 62.5 Å². The number of aliphatic hydroxyl groups is 1. The molecule has 1 heterocycles. The van der Waals surface area contributed by atoms with Crippen molar-refractivity contribution in [3.8, 4) is 0 Å². The number of amides is 1. The largest absolute Gasteiger partial charge is 0.455 e. The fraction of sp³-hybridized carbons (Fsp3) is 0.261. The Morgan fingerprint density at radius 1 is 1.04 bits per heavy atom. The molecule has 0 saturated carbocycles. The first-order valence-electron chi connectivity index (χ1n) is 9.27. The predicted molar refractivity (Wildman–Crippen MR) is 113 cm³/mol. The second-order valence-corrected chi connectivity index (χ2v) is 7.88. The van der Waals surface area contributed by atoms with Crippen LogP contribution in [0.25, 0.3) is 0 Å². The summed E-state index contributed by atoms with van der Waals surface area (Å²) >= 11 is 1.70. The zero-order chi connectivity index (χ0) is 20.1. The molecule has 0 aliphatic carbocycles. The molecule has 1 amide bonds. The number of rotatable bonds is 7. The summed E-state index contributed by atoms with van der Waals surface area (Å²) in [6.07, 6.45) is -0.779. The van der Waals surface area contributed by atoms with Crippen LogP contribution in [0.4, 0.5) is 0 Å². The smallest absolute Gasteiger partial charge is 0.287 e. The molecule has 2 unspecified atom stereocenters. The number of thioether (sulfide) groups is 1. The van der Waals surface area contributed by atoms with E-state index in [1.165, 1.54) is 16.0 Å². The lowest BCUT2D eigenvalue weighted by Crippen LogP contribution is -2.36. The average Bonchev–Trinajstić information content (AvgIpc) is 3.17. The number of hydrogen-bond donors (Lipinski definition) is 2. The number of hydrogen-bond acceptors (Lipinski definition) is 4. The minimum absolute atomic E-state index is 0.254. The van der Waals surface area contributed by atoms with E-state index in [2.05, 4.69) is 37.4 Å². The molecule has 2 aromatic carbocycles. The van der Waals surface area contributed by atoms with Gasteiger partial charge in [-0.2, -0.15) is 0 Å². The van der Waals surface area contributed by atoms with Crippen molar-refractivity contribution in [2.24, 2.45) is 0 Å². The van der Waals surface area contributed by atoms with E-state index in [1.807, 2.05) is 36.4 Å². The van der Waals surface area contributed by atoms with Gasteiger partial charge in [-0.3, -0.25) is 4.79 Å². The van der Waals surface area contributed by atoms with Gasteiger partial charge in [0.2, 0.25) is 0 Å². The van der Waals surface area contributed by atoms with E-state index in [4.69, 9.17) is 4.42 Å². The van der Waals surface area contributed by atoms with Gasteiger partial charge >= 0.3 is 0 Å². The predicted octanol–water partition coefficient (Wildman–Crippen LogP) is 5.04. The second-order valence-electron chi connectivity index (χ2n) is 6.89. The van der Waals surface area contributed by atoms with Gasteiger partial charge in [0, 0.05) is 4.90 Å². The fourth-order valence-electron chi connectivity index (χ4n) is 3.04. The SMILES string of the molecule is Cc1cccc(C)c1SCc1ccc(C(=O)NC(C)C(O)c2ccccc2)o1. The second kappa shape index (κ2) is 9.13. The van der Waals surface area contributed by atoms with E-state index in [1.54, 1.807) is 24.8 Å². The van der Waals surface area contributed by atoms with E-state index in [9.17, 15) is 9.90 Å². The van der Waals surface area contributed by atoms with Crippen LogP contribution in [0, 0.1) is 13.8 Å². The van der Waals surface area contributed by atoms with Crippen LogP contribution in [0.1, 0.15) is 46.0 Å². The van der Waals surface area contributed by atoms with Gasteiger partial charge in [0.15, 0.2) is 5.76 Å². The molecule has 28 heavy (non-hydrogen) atoms. The number of furan rings is 1. The summed E-state index contributed by atoms with van der Waals surface area (Å²) in [6.45, 7) is 5.96. The molecule has 4 nitrogen and oxygen atoms in total. The van der Waals surface area contributed by atoms with Crippen LogP contribution in [0.3, 0.4) is 0 Å². The summed E-state index contributed by atoms with van der Waals surface area (Å²) in [5, 5.41) is 13.2. The van der Waals surface area contributed by atoms with Gasteiger partial charge in [0.05, 0.1) is 17.9 Å². The van der Waals surface area contributed by atoms with Crippen LogP contribution in [0.2, 0.25) is 0 Å². The Morgan fingerprint density at radius 3 is 2.39 bits per heavy atom. The Bertz CT molecular complexity index is 916. The molecule has 0 fully saturated rings. The third-order valence-electron chi connectivity index (χ3n) is 4.63. The highest BCUT2D eigenvalue weighted by atomic mass is 32.2. The zero-order valence-corrected chi connectivity index (χ0v) is 17.1. The monoisotopic (exact) mass is 395 g/mol. The highest BCUT2D eigenvalue weighted by Gasteiger charge is 2.20. The molecular weight excluding hydrogens is 370 g/mol. The maximum absolute atomic E-state index is 12.5. The number of aryl methyl sites for hydroxylation is 2. The van der Waals surface area contributed by atoms with Gasteiger partial charge in [0.1, 0.15) is 5.76 Å². The Labute approximate surface area is 170 Å². The van der Waals surface area contributed by atoms with Gasteiger partial charge in [-0.1, -0.05) is 48.5 Å². The molecule has 0 radical (unpaired) electrons. The lowest BCUT2D eigenvalue weighted by Gasteiger charge is -2.20.